The molecule has 2 atom stereocenters. The monoisotopic (exact) mass is 310 g/mol. The van der Waals surface area contributed by atoms with Gasteiger partial charge in [0.15, 0.2) is 0 Å². The molecule has 5 nitrogen and oxygen atoms in total. The van der Waals surface area contributed by atoms with Crippen molar-refractivity contribution < 1.29 is 14.3 Å². The molecule has 1 N–H and O–H groups in total. The first-order valence-electron chi connectivity index (χ1n) is 7.32. The smallest absolute Gasteiger partial charge is 0.328 e. The summed E-state index contributed by atoms with van der Waals surface area (Å²) < 4.78 is 4.70. The minimum Gasteiger partial charge on any atom is -0.467 e. The number of hydrogen-bond donors (Lipinski definition) is 1. The van der Waals surface area contributed by atoms with Crippen molar-refractivity contribution in [3.8, 4) is 6.07 Å². The van der Waals surface area contributed by atoms with Crippen LogP contribution >= 0.6 is 0 Å². The highest BCUT2D eigenvalue weighted by Crippen LogP contribution is 2.16. The fourth-order valence-corrected chi connectivity index (χ4v) is 2.33. The van der Waals surface area contributed by atoms with Gasteiger partial charge in [-0.15, -0.1) is 0 Å². The fraction of sp³-hybridized carbons (Fsp3) is 0.278. The molecule has 0 spiro atoms. The van der Waals surface area contributed by atoms with E-state index in [1.807, 2.05) is 30.3 Å². The standard InChI is InChI=1S/C18H18N2O3/c1-12(11-19)9-16(18(22)23-2)20-17(21)15-8-7-13-5-3-4-6-14(13)10-15/h3-8,10,12,16H,9H2,1-2H3,(H,20,21)/t12-,16-/m1/s1. The molecular formula is C18H18N2O3. The number of nitrogens with one attached hydrogen (secondary N) is 1. The lowest BCUT2D eigenvalue weighted by molar-refractivity contribution is -0.143. The molecule has 0 aliphatic heterocycles. The molecule has 2 aromatic rings. The van der Waals surface area contributed by atoms with E-state index in [0.29, 0.717) is 5.56 Å². The van der Waals surface area contributed by atoms with Gasteiger partial charge < -0.3 is 10.1 Å². The molecule has 0 heterocycles. The molecule has 0 radical (unpaired) electrons. The third kappa shape index (κ3) is 4.07. The number of esters is 1. The number of nitrogens with zero attached hydrogens (tertiary/aromatic N) is 1. The van der Waals surface area contributed by atoms with E-state index in [2.05, 4.69) is 11.4 Å². The number of rotatable bonds is 5. The summed E-state index contributed by atoms with van der Waals surface area (Å²) in [5.74, 6) is -1.28. The number of ether oxygens (including phenoxy) is 1. The second-order valence-corrected chi connectivity index (χ2v) is 5.38. The minimum absolute atomic E-state index is 0.211. The van der Waals surface area contributed by atoms with E-state index < -0.39 is 12.0 Å². The zero-order valence-electron chi connectivity index (χ0n) is 13.1. The predicted molar refractivity (Wildman–Crippen MR) is 86.6 cm³/mol. The molecule has 2 aromatic carbocycles. The van der Waals surface area contributed by atoms with Crippen LogP contribution in [0.15, 0.2) is 42.5 Å². The summed E-state index contributed by atoms with van der Waals surface area (Å²) in [6, 6.07) is 14.3. The molecule has 0 unspecified atom stereocenters. The lowest BCUT2D eigenvalue weighted by atomic mass is 10.0. The number of nitriles is 1. The quantitative estimate of drug-likeness (QED) is 0.861. The van der Waals surface area contributed by atoms with Gasteiger partial charge in [-0.05, 0) is 36.2 Å². The van der Waals surface area contributed by atoms with Gasteiger partial charge in [0.25, 0.3) is 5.91 Å². The van der Waals surface area contributed by atoms with Gasteiger partial charge in [-0.2, -0.15) is 5.26 Å². The molecule has 1 amide bonds. The average molecular weight is 310 g/mol. The Morgan fingerprint density at radius 3 is 2.57 bits per heavy atom. The van der Waals surface area contributed by atoms with E-state index in [1.165, 1.54) is 7.11 Å². The molecule has 0 fully saturated rings. The highest BCUT2D eigenvalue weighted by atomic mass is 16.5. The minimum atomic E-state index is -0.839. The second kappa shape index (κ2) is 7.41. The number of carbonyl (C=O) groups excluding carboxylic acids is 2. The van der Waals surface area contributed by atoms with Gasteiger partial charge in [0.05, 0.1) is 13.2 Å². The summed E-state index contributed by atoms with van der Waals surface area (Å²) in [4.78, 5) is 24.2. The van der Waals surface area contributed by atoms with Gasteiger partial charge in [-0.1, -0.05) is 30.3 Å². The first-order valence-corrected chi connectivity index (χ1v) is 7.32. The van der Waals surface area contributed by atoms with E-state index in [4.69, 9.17) is 10.00 Å². The van der Waals surface area contributed by atoms with Crippen LogP contribution in [-0.2, 0) is 9.53 Å². The van der Waals surface area contributed by atoms with Crippen LogP contribution in [0, 0.1) is 17.2 Å². The van der Waals surface area contributed by atoms with Gasteiger partial charge in [0.2, 0.25) is 0 Å². The third-order valence-electron chi connectivity index (χ3n) is 3.61. The number of amides is 1. The number of carbonyl (C=O) groups is 2. The summed E-state index contributed by atoms with van der Waals surface area (Å²) in [6.45, 7) is 1.69. The van der Waals surface area contributed by atoms with Crippen LogP contribution in [0.3, 0.4) is 0 Å². The van der Waals surface area contributed by atoms with E-state index in [9.17, 15) is 9.59 Å². The molecule has 5 heteroatoms. The van der Waals surface area contributed by atoms with Crippen molar-refractivity contribution in [2.75, 3.05) is 7.11 Å². The second-order valence-electron chi connectivity index (χ2n) is 5.38. The SMILES string of the molecule is COC(=O)[C@@H](C[C@@H](C)C#N)NC(=O)c1ccc2ccccc2c1. The van der Waals surface area contributed by atoms with Crippen LogP contribution < -0.4 is 5.32 Å². The molecular weight excluding hydrogens is 292 g/mol. The zero-order chi connectivity index (χ0) is 16.8. The van der Waals surface area contributed by atoms with Crippen molar-refractivity contribution >= 4 is 22.6 Å². The summed E-state index contributed by atoms with van der Waals surface area (Å²) >= 11 is 0. The Hall–Kier alpha value is -2.87. The molecule has 0 saturated carbocycles. The Kier molecular flexibility index (Phi) is 5.32. The van der Waals surface area contributed by atoms with Crippen molar-refractivity contribution in [1.29, 1.82) is 5.26 Å². The van der Waals surface area contributed by atoms with Crippen molar-refractivity contribution in [1.82, 2.24) is 5.32 Å². The lowest BCUT2D eigenvalue weighted by Crippen LogP contribution is -2.42. The first-order chi connectivity index (χ1) is 11.0. The molecule has 2 rings (SSSR count). The van der Waals surface area contributed by atoms with Gasteiger partial charge in [-0.3, -0.25) is 4.79 Å². The molecule has 0 aromatic heterocycles. The molecule has 118 valence electrons. The summed E-state index contributed by atoms with van der Waals surface area (Å²) in [6.07, 6.45) is 0.211. The highest BCUT2D eigenvalue weighted by molar-refractivity contribution is 6.00. The topological polar surface area (TPSA) is 79.2 Å². The van der Waals surface area contributed by atoms with Crippen LogP contribution in [0.25, 0.3) is 10.8 Å². The van der Waals surface area contributed by atoms with Crippen molar-refractivity contribution in [3.05, 3.63) is 48.0 Å². The maximum Gasteiger partial charge on any atom is 0.328 e. The number of fused-ring (bicyclic) bond motifs is 1. The zero-order valence-corrected chi connectivity index (χ0v) is 13.1. The van der Waals surface area contributed by atoms with Crippen molar-refractivity contribution in [2.24, 2.45) is 5.92 Å². The Morgan fingerprint density at radius 2 is 1.91 bits per heavy atom. The lowest BCUT2D eigenvalue weighted by Gasteiger charge is -2.17. The third-order valence-corrected chi connectivity index (χ3v) is 3.61. The summed E-state index contributed by atoms with van der Waals surface area (Å²) in [7, 11) is 1.26. The maximum atomic E-state index is 12.4. The Labute approximate surface area is 134 Å². The normalized spacial score (nSPS) is 12.9. The maximum absolute atomic E-state index is 12.4. The number of hydrogen-bond acceptors (Lipinski definition) is 4. The fourth-order valence-electron chi connectivity index (χ4n) is 2.33. The van der Waals surface area contributed by atoms with E-state index >= 15 is 0 Å². The summed E-state index contributed by atoms with van der Waals surface area (Å²) in [5, 5.41) is 13.5. The number of benzene rings is 2. The Balaban J connectivity index is 2.19. The largest absolute Gasteiger partial charge is 0.467 e. The molecule has 0 saturated heterocycles. The Morgan fingerprint density at radius 1 is 1.22 bits per heavy atom. The van der Waals surface area contributed by atoms with E-state index in [-0.39, 0.29) is 18.2 Å². The van der Waals surface area contributed by atoms with Crippen LogP contribution in [0.1, 0.15) is 23.7 Å². The van der Waals surface area contributed by atoms with Gasteiger partial charge in [0.1, 0.15) is 6.04 Å². The summed E-state index contributed by atoms with van der Waals surface area (Å²) in [5.41, 5.74) is 0.460. The van der Waals surface area contributed by atoms with Gasteiger partial charge in [-0.25, -0.2) is 4.79 Å². The average Bonchev–Trinajstić information content (AvgIpc) is 2.59. The van der Waals surface area contributed by atoms with Crippen LogP contribution in [-0.4, -0.2) is 25.0 Å². The van der Waals surface area contributed by atoms with Crippen molar-refractivity contribution in [2.45, 2.75) is 19.4 Å². The highest BCUT2D eigenvalue weighted by Gasteiger charge is 2.24. The van der Waals surface area contributed by atoms with Crippen LogP contribution in [0.2, 0.25) is 0 Å². The van der Waals surface area contributed by atoms with E-state index in [1.54, 1.807) is 19.1 Å². The molecule has 0 bridgehead atoms. The van der Waals surface area contributed by atoms with Gasteiger partial charge >= 0.3 is 5.97 Å². The molecule has 0 aliphatic rings. The van der Waals surface area contributed by atoms with E-state index in [0.717, 1.165) is 10.8 Å². The van der Waals surface area contributed by atoms with Gasteiger partial charge in [0, 0.05) is 11.5 Å². The predicted octanol–water partition coefficient (Wildman–Crippen LogP) is 2.66. The van der Waals surface area contributed by atoms with Crippen LogP contribution in [0.4, 0.5) is 0 Å². The first kappa shape index (κ1) is 16.5. The van der Waals surface area contributed by atoms with Crippen molar-refractivity contribution in [3.63, 3.8) is 0 Å². The van der Waals surface area contributed by atoms with Crippen LogP contribution in [0.5, 0.6) is 0 Å². The Bertz CT molecular complexity index is 764. The number of methoxy groups -OCH3 is 1. The molecule has 23 heavy (non-hydrogen) atoms. The molecule has 0 aliphatic carbocycles.